The van der Waals surface area contributed by atoms with E-state index in [9.17, 15) is 22.4 Å². The van der Waals surface area contributed by atoms with Gasteiger partial charge in [0, 0.05) is 20.1 Å². The van der Waals surface area contributed by atoms with Crippen LogP contribution in [-0.4, -0.2) is 36.3 Å². The van der Waals surface area contributed by atoms with Gasteiger partial charge in [-0.2, -0.15) is 13.2 Å². The summed E-state index contributed by atoms with van der Waals surface area (Å²) >= 11 is 0. The number of likely N-dealkylation sites (N-methyl/N-ethyl adjacent to an activating group) is 2. The zero-order valence-electron chi connectivity index (χ0n) is 14.6. The maximum absolute atomic E-state index is 12.9. The molecular weight excluding hydrogens is 348 g/mol. The molecule has 26 heavy (non-hydrogen) atoms. The number of carbonyl (C=O) groups is 1. The van der Waals surface area contributed by atoms with Crippen LogP contribution in [0.4, 0.5) is 17.6 Å². The van der Waals surface area contributed by atoms with Crippen molar-refractivity contribution >= 4 is 5.91 Å². The fourth-order valence-electron chi connectivity index (χ4n) is 2.52. The highest BCUT2D eigenvalue weighted by Gasteiger charge is 2.30. The molecule has 0 aliphatic heterocycles. The Morgan fingerprint density at radius 3 is 2.23 bits per heavy atom. The molecule has 0 fully saturated rings. The molecule has 3 nitrogen and oxygen atoms in total. The van der Waals surface area contributed by atoms with Crippen molar-refractivity contribution < 1.29 is 22.4 Å². The molecule has 0 unspecified atom stereocenters. The number of alkyl halides is 3. The Balaban J connectivity index is 1.91. The van der Waals surface area contributed by atoms with Gasteiger partial charge in [0.1, 0.15) is 5.82 Å². The molecule has 0 heterocycles. The lowest BCUT2D eigenvalue weighted by molar-refractivity contribution is -0.137. The average Bonchev–Trinajstić information content (AvgIpc) is 2.56. The van der Waals surface area contributed by atoms with Crippen LogP contribution in [0, 0.1) is 5.82 Å². The Bertz CT molecular complexity index is 744. The van der Waals surface area contributed by atoms with E-state index < -0.39 is 11.7 Å². The Morgan fingerprint density at radius 2 is 1.62 bits per heavy atom. The number of amides is 1. The van der Waals surface area contributed by atoms with Crippen molar-refractivity contribution in [1.29, 1.82) is 0 Å². The van der Waals surface area contributed by atoms with Gasteiger partial charge in [-0.15, -0.1) is 0 Å². The fraction of sp³-hybridized carbons (Fsp3) is 0.316. The zero-order valence-corrected chi connectivity index (χ0v) is 14.6. The van der Waals surface area contributed by atoms with E-state index in [2.05, 4.69) is 0 Å². The number of hydrogen-bond donors (Lipinski definition) is 0. The first kappa shape index (κ1) is 19.9. The highest BCUT2D eigenvalue weighted by Crippen LogP contribution is 2.29. The van der Waals surface area contributed by atoms with Gasteiger partial charge in [0.15, 0.2) is 0 Å². The first-order chi connectivity index (χ1) is 12.1. The molecule has 0 aromatic heterocycles. The van der Waals surface area contributed by atoms with Crippen LogP contribution in [0.15, 0.2) is 48.5 Å². The molecule has 0 atom stereocenters. The lowest BCUT2D eigenvalue weighted by Gasteiger charge is -2.22. The van der Waals surface area contributed by atoms with Crippen molar-refractivity contribution in [2.45, 2.75) is 19.3 Å². The van der Waals surface area contributed by atoms with Crippen molar-refractivity contribution in [1.82, 2.24) is 9.80 Å². The van der Waals surface area contributed by atoms with Crippen molar-refractivity contribution in [2.24, 2.45) is 0 Å². The second-order valence-electron chi connectivity index (χ2n) is 6.25. The molecule has 0 N–H and O–H groups in total. The monoisotopic (exact) mass is 368 g/mol. The maximum atomic E-state index is 12.9. The third kappa shape index (κ3) is 5.84. The van der Waals surface area contributed by atoms with E-state index in [1.54, 1.807) is 37.2 Å². The molecule has 1 amide bonds. The number of benzene rings is 2. The minimum atomic E-state index is -4.39. The van der Waals surface area contributed by atoms with Gasteiger partial charge in [0.2, 0.25) is 5.91 Å². The highest BCUT2D eigenvalue weighted by atomic mass is 19.4. The van der Waals surface area contributed by atoms with Crippen LogP contribution >= 0.6 is 0 Å². The summed E-state index contributed by atoms with van der Waals surface area (Å²) in [4.78, 5) is 15.4. The average molecular weight is 368 g/mol. The Kier molecular flexibility index (Phi) is 6.37. The van der Waals surface area contributed by atoms with Crippen molar-refractivity contribution in [3.05, 3.63) is 71.0 Å². The second kappa shape index (κ2) is 8.31. The predicted octanol–water partition coefficient (Wildman–Crippen LogP) is 3.93. The number of carbonyl (C=O) groups excluding carboxylic acids is 1. The number of nitrogens with zero attached hydrogens (tertiary/aromatic N) is 2. The summed E-state index contributed by atoms with van der Waals surface area (Å²) in [5.74, 6) is -0.521. The summed E-state index contributed by atoms with van der Waals surface area (Å²) in [6.45, 7) is 0.616. The highest BCUT2D eigenvalue weighted by molar-refractivity contribution is 5.77. The third-order valence-electron chi connectivity index (χ3n) is 3.87. The maximum Gasteiger partial charge on any atom is 0.416 e. The van der Waals surface area contributed by atoms with Crippen LogP contribution in [0.25, 0.3) is 0 Å². The van der Waals surface area contributed by atoms with Gasteiger partial charge in [0.25, 0.3) is 0 Å². The molecule has 0 bridgehead atoms. The van der Waals surface area contributed by atoms with E-state index in [-0.39, 0.29) is 24.8 Å². The van der Waals surface area contributed by atoms with Crippen LogP contribution in [0.5, 0.6) is 0 Å². The SMILES string of the molecule is CN(CC(=O)N(C)Cc1ccc(F)cc1)Cc1cccc(C(F)(F)F)c1. The van der Waals surface area contributed by atoms with Gasteiger partial charge >= 0.3 is 6.18 Å². The summed E-state index contributed by atoms with van der Waals surface area (Å²) in [5.41, 5.74) is 0.572. The minimum absolute atomic E-state index is 0.0634. The van der Waals surface area contributed by atoms with Crippen LogP contribution in [0.1, 0.15) is 16.7 Å². The molecule has 0 saturated carbocycles. The standard InChI is InChI=1S/C19H20F4N2O/c1-24(11-15-4-3-5-16(10-15)19(21,22)23)13-18(26)25(2)12-14-6-8-17(20)9-7-14/h3-10H,11-13H2,1-2H3. The molecule has 7 heteroatoms. The smallest absolute Gasteiger partial charge is 0.340 e. The summed E-state index contributed by atoms with van der Waals surface area (Å²) < 4.78 is 51.2. The largest absolute Gasteiger partial charge is 0.416 e. The summed E-state index contributed by atoms with van der Waals surface area (Å²) in [6, 6.07) is 10.9. The molecule has 0 saturated heterocycles. The Hall–Kier alpha value is -2.41. The molecule has 0 radical (unpaired) electrons. The van der Waals surface area contributed by atoms with Crippen LogP contribution in [-0.2, 0) is 24.1 Å². The molecular formula is C19H20F4N2O. The first-order valence-electron chi connectivity index (χ1n) is 7.98. The molecule has 140 valence electrons. The first-order valence-corrected chi connectivity index (χ1v) is 7.98. The van der Waals surface area contributed by atoms with Crippen LogP contribution in [0.3, 0.4) is 0 Å². The molecule has 0 aliphatic carbocycles. The van der Waals surface area contributed by atoms with E-state index in [4.69, 9.17) is 0 Å². The lowest BCUT2D eigenvalue weighted by atomic mass is 10.1. The molecule has 2 rings (SSSR count). The molecule has 2 aromatic rings. The summed E-state index contributed by atoms with van der Waals surface area (Å²) in [5, 5.41) is 0. The van der Waals surface area contributed by atoms with Gasteiger partial charge in [-0.3, -0.25) is 9.69 Å². The minimum Gasteiger partial charge on any atom is -0.340 e. The molecule has 0 spiro atoms. The van der Waals surface area contributed by atoms with Crippen molar-refractivity contribution in [3.63, 3.8) is 0 Å². The third-order valence-corrected chi connectivity index (χ3v) is 3.87. The molecule has 2 aromatic carbocycles. The lowest BCUT2D eigenvalue weighted by Crippen LogP contribution is -2.36. The fourth-order valence-corrected chi connectivity index (χ4v) is 2.52. The van der Waals surface area contributed by atoms with Crippen molar-refractivity contribution in [3.8, 4) is 0 Å². The number of halogens is 4. The zero-order chi connectivity index (χ0) is 19.3. The number of rotatable bonds is 6. The van der Waals surface area contributed by atoms with E-state index in [1.165, 1.54) is 23.1 Å². The van der Waals surface area contributed by atoms with E-state index in [1.807, 2.05) is 0 Å². The van der Waals surface area contributed by atoms with E-state index in [0.29, 0.717) is 12.1 Å². The second-order valence-corrected chi connectivity index (χ2v) is 6.25. The summed E-state index contributed by atoms with van der Waals surface area (Å²) in [7, 11) is 3.30. The number of hydrogen-bond acceptors (Lipinski definition) is 2. The van der Waals surface area contributed by atoms with Gasteiger partial charge in [-0.1, -0.05) is 30.3 Å². The normalized spacial score (nSPS) is 11.7. The van der Waals surface area contributed by atoms with Crippen LogP contribution in [0.2, 0.25) is 0 Å². The van der Waals surface area contributed by atoms with E-state index in [0.717, 1.165) is 17.7 Å². The topological polar surface area (TPSA) is 23.6 Å². The predicted molar refractivity (Wildman–Crippen MR) is 90.7 cm³/mol. The Morgan fingerprint density at radius 1 is 0.962 bits per heavy atom. The van der Waals surface area contributed by atoms with Crippen molar-refractivity contribution in [2.75, 3.05) is 20.6 Å². The van der Waals surface area contributed by atoms with Gasteiger partial charge < -0.3 is 4.90 Å². The van der Waals surface area contributed by atoms with Gasteiger partial charge in [0.05, 0.1) is 12.1 Å². The van der Waals surface area contributed by atoms with E-state index >= 15 is 0 Å². The quantitative estimate of drug-likeness (QED) is 0.722. The Labute approximate surface area is 149 Å². The van der Waals surface area contributed by atoms with Crippen LogP contribution < -0.4 is 0 Å². The summed E-state index contributed by atoms with van der Waals surface area (Å²) in [6.07, 6.45) is -4.39. The molecule has 0 aliphatic rings. The van der Waals surface area contributed by atoms with Gasteiger partial charge in [-0.25, -0.2) is 4.39 Å². The van der Waals surface area contributed by atoms with Gasteiger partial charge in [-0.05, 0) is 36.4 Å².